The predicted octanol–water partition coefficient (Wildman–Crippen LogP) is 3.30. The SMILES string of the molecule is CC(C)[Si](C#CC(=O)N(C)C)(C(C)C)C(C)C. The van der Waals surface area contributed by atoms with Gasteiger partial charge in [0.25, 0.3) is 5.91 Å². The van der Waals surface area contributed by atoms with E-state index in [9.17, 15) is 4.79 Å². The third kappa shape index (κ3) is 3.60. The Balaban J connectivity index is 5.41. The molecule has 0 aliphatic carbocycles. The first-order valence-electron chi connectivity index (χ1n) is 6.40. The number of amides is 1. The van der Waals surface area contributed by atoms with Gasteiger partial charge in [-0.1, -0.05) is 41.5 Å². The summed E-state index contributed by atoms with van der Waals surface area (Å²) in [5.41, 5.74) is 5.13. The van der Waals surface area contributed by atoms with Crippen molar-refractivity contribution < 1.29 is 4.79 Å². The molecule has 0 aliphatic heterocycles. The average molecular weight is 253 g/mol. The van der Waals surface area contributed by atoms with Gasteiger partial charge in [0.05, 0.1) is 0 Å². The van der Waals surface area contributed by atoms with E-state index in [0.29, 0.717) is 16.6 Å². The molecule has 0 aromatic rings. The zero-order chi connectivity index (χ0) is 13.8. The summed E-state index contributed by atoms with van der Waals surface area (Å²) in [5.74, 6) is 2.79. The first-order chi connectivity index (χ1) is 7.66. The van der Waals surface area contributed by atoms with Crippen LogP contribution in [0.15, 0.2) is 0 Å². The van der Waals surface area contributed by atoms with E-state index in [1.807, 2.05) is 0 Å². The number of nitrogens with zero attached hydrogens (tertiary/aromatic N) is 1. The molecule has 0 bridgehead atoms. The standard InChI is InChI=1S/C14H27NOSi/c1-11(2)17(12(3)4,13(5)6)10-9-14(16)15(7)8/h11-13H,1-8H3. The van der Waals surface area contributed by atoms with Crippen molar-refractivity contribution in [3.63, 3.8) is 0 Å². The van der Waals surface area contributed by atoms with Gasteiger partial charge < -0.3 is 4.90 Å². The molecule has 0 aliphatic rings. The molecule has 0 saturated carbocycles. The molecule has 0 spiro atoms. The Labute approximate surface area is 108 Å². The summed E-state index contributed by atoms with van der Waals surface area (Å²) < 4.78 is 0. The first kappa shape index (κ1) is 16.2. The van der Waals surface area contributed by atoms with Crippen molar-refractivity contribution in [1.29, 1.82) is 0 Å². The zero-order valence-corrected chi connectivity index (χ0v) is 13.6. The number of carbonyl (C=O) groups excluding carboxylic acids is 1. The van der Waals surface area contributed by atoms with Crippen molar-refractivity contribution >= 4 is 14.0 Å². The van der Waals surface area contributed by atoms with Crippen molar-refractivity contribution in [1.82, 2.24) is 4.90 Å². The quantitative estimate of drug-likeness (QED) is 0.558. The molecule has 0 heterocycles. The van der Waals surface area contributed by atoms with Gasteiger partial charge in [-0.25, -0.2) is 0 Å². The lowest BCUT2D eigenvalue weighted by atomic mass is 10.5. The van der Waals surface area contributed by atoms with E-state index in [4.69, 9.17) is 0 Å². The van der Waals surface area contributed by atoms with Gasteiger partial charge in [-0.2, -0.15) is 0 Å². The second-order valence-electron chi connectivity index (χ2n) is 5.85. The molecule has 17 heavy (non-hydrogen) atoms. The van der Waals surface area contributed by atoms with Crippen LogP contribution >= 0.6 is 0 Å². The molecule has 0 rings (SSSR count). The van der Waals surface area contributed by atoms with Gasteiger partial charge in [0.15, 0.2) is 0 Å². The summed E-state index contributed by atoms with van der Waals surface area (Å²) in [4.78, 5) is 13.2. The summed E-state index contributed by atoms with van der Waals surface area (Å²) in [6, 6.07) is 0. The molecule has 0 aromatic carbocycles. The summed E-state index contributed by atoms with van der Waals surface area (Å²) >= 11 is 0. The maximum absolute atomic E-state index is 11.6. The van der Waals surface area contributed by atoms with Crippen molar-refractivity contribution in [2.75, 3.05) is 14.1 Å². The van der Waals surface area contributed by atoms with E-state index in [1.54, 1.807) is 19.0 Å². The number of rotatable bonds is 3. The fraction of sp³-hybridized carbons (Fsp3) is 0.786. The third-order valence-corrected chi connectivity index (χ3v) is 9.95. The van der Waals surface area contributed by atoms with Gasteiger partial charge >= 0.3 is 0 Å². The summed E-state index contributed by atoms with van der Waals surface area (Å²) in [6.45, 7) is 13.5. The summed E-state index contributed by atoms with van der Waals surface area (Å²) in [5, 5.41) is 0. The maximum Gasteiger partial charge on any atom is 0.297 e. The lowest BCUT2D eigenvalue weighted by molar-refractivity contribution is -0.122. The Kier molecular flexibility index (Phi) is 5.98. The monoisotopic (exact) mass is 253 g/mol. The van der Waals surface area contributed by atoms with Crippen LogP contribution in [0.2, 0.25) is 16.6 Å². The lowest BCUT2D eigenvalue weighted by Crippen LogP contribution is -2.43. The topological polar surface area (TPSA) is 20.3 Å². The van der Waals surface area contributed by atoms with Gasteiger partial charge in [-0.3, -0.25) is 4.79 Å². The van der Waals surface area contributed by atoms with E-state index in [1.165, 1.54) is 0 Å². The Bertz CT molecular complexity index is 299. The predicted molar refractivity (Wildman–Crippen MR) is 77.5 cm³/mol. The van der Waals surface area contributed by atoms with E-state index < -0.39 is 8.07 Å². The lowest BCUT2D eigenvalue weighted by Gasteiger charge is -2.38. The van der Waals surface area contributed by atoms with Crippen LogP contribution < -0.4 is 0 Å². The number of carbonyl (C=O) groups is 1. The Morgan fingerprint density at radius 1 is 0.941 bits per heavy atom. The molecule has 0 atom stereocenters. The fourth-order valence-corrected chi connectivity index (χ4v) is 7.90. The second-order valence-corrected chi connectivity index (χ2v) is 11.4. The first-order valence-corrected chi connectivity index (χ1v) is 8.63. The molecule has 0 unspecified atom stereocenters. The molecule has 98 valence electrons. The molecule has 0 aromatic heterocycles. The molecule has 3 heteroatoms. The van der Waals surface area contributed by atoms with Crippen molar-refractivity contribution in [2.24, 2.45) is 0 Å². The van der Waals surface area contributed by atoms with Gasteiger partial charge in [0.1, 0.15) is 8.07 Å². The van der Waals surface area contributed by atoms with Gasteiger partial charge in [-0.05, 0) is 22.5 Å². The van der Waals surface area contributed by atoms with Crippen LogP contribution in [-0.2, 0) is 4.79 Å². The van der Waals surface area contributed by atoms with Gasteiger partial charge in [-0.15, -0.1) is 5.54 Å². The van der Waals surface area contributed by atoms with E-state index in [2.05, 4.69) is 53.0 Å². The fourth-order valence-electron chi connectivity index (χ4n) is 2.71. The Hall–Kier alpha value is -0.753. The summed E-state index contributed by atoms with van der Waals surface area (Å²) in [7, 11) is 1.76. The van der Waals surface area contributed by atoms with Crippen LogP contribution in [0.5, 0.6) is 0 Å². The van der Waals surface area contributed by atoms with Crippen molar-refractivity contribution in [3.05, 3.63) is 0 Å². The van der Waals surface area contributed by atoms with E-state index in [0.717, 1.165) is 0 Å². The molecular weight excluding hydrogens is 226 g/mol. The van der Waals surface area contributed by atoms with E-state index >= 15 is 0 Å². The molecule has 0 N–H and O–H groups in total. The van der Waals surface area contributed by atoms with Crippen LogP contribution in [0, 0.1) is 11.5 Å². The van der Waals surface area contributed by atoms with Crippen molar-refractivity contribution in [2.45, 2.75) is 58.2 Å². The molecule has 2 nitrogen and oxygen atoms in total. The normalized spacial score (nSPS) is 11.7. The zero-order valence-electron chi connectivity index (χ0n) is 12.6. The van der Waals surface area contributed by atoms with Crippen LogP contribution in [-0.4, -0.2) is 33.0 Å². The Morgan fingerprint density at radius 3 is 1.53 bits per heavy atom. The largest absolute Gasteiger partial charge is 0.338 e. The van der Waals surface area contributed by atoms with Crippen molar-refractivity contribution in [3.8, 4) is 11.5 Å². The second kappa shape index (κ2) is 6.25. The van der Waals surface area contributed by atoms with Gasteiger partial charge in [0.2, 0.25) is 0 Å². The molecule has 0 fully saturated rings. The molecule has 1 amide bonds. The highest BCUT2D eigenvalue weighted by atomic mass is 28.3. The number of hydrogen-bond acceptors (Lipinski definition) is 1. The summed E-state index contributed by atoms with van der Waals surface area (Å²) in [6.07, 6.45) is 0. The highest BCUT2D eigenvalue weighted by Crippen LogP contribution is 2.40. The van der Waals surface area contributed by atoms with Crippen LogP contribution in [0.4, 0.5) is 0 Å². The van der Waals surface area contributed by atoms with Gasteiger partial charge in [0, 0.05) is 14.1 Å². The Morgan fingerprint density at radius 2 is 1.29 bits per heavy atom. The van der Waals surface area contributed by atoms with E-state index in [-0.39, 0.29) is 5.91 Å². The molecule has 0 radical (unpaired) electrons. The molecular formula is C14H27NOSi. The minimum Gasteiger partial charge on any atom is -0.338 e. The van der Waals surface area contributed by atoms with Crippen LogP contribution in [0.25, 0.3) is 0 Å². The minimum absolute atomic E-state index is 0.0798. The maximum atomic E-state index is 11.6. The highest BCUT2D eigenvalue weighted by Gasteiger charge is 2.41. The smallest absolute Gasteiger partial charge is 0.297 e. The average Bonchev–Trinajstić information content (AvgIpc) is 2.16. The van der Waals surface area contributed by atoms with Crippen LogP contribution in [0.3, 0.4) is 0 Å². The third-order valence-electron chi connectivity index (χ3n) is 3.66. The molecule has 0 saturated heterocycles. The highest BCUT2D eigenvalue weighted by molar-refractivity contribution is 6.90. The minimum atomic E-state index is -1.74. The van der Waals surface area contributed by atoms with Crippen LogP contribution in [0.1, 0.15) is 41.5 Å². The number of hydrogen-bond donors (Lipinski definition) is 0.